The topological polar surface area (TPSA) is 61.4 Å². The number of alkyl halides is 1. The Labute approximate surface area is 180 Å². The average Bonchev–Trinajstić information content (AvgIpc) is 3.19. The summed E-state index contributed by atoms with van der Waals surface area (Å²) in [7, 11) is 2.12. The van der Waals surface area contributed by atoms with Crippen molar-refractivity contribution in [3.63, 3.8) is 0 Å². The minimum Gasteiger partial charge on any atom is -0.508 e. The van der Waals surface area contributed by atoms with Gasteiger partial charge in [0.1, 0.15) is 17.7 Å². The van der Waals surface area contributed by atoms with Crippen LogP contribution in [0.4, 0.5) is 4.39 Å². The van der Waals surface area contributed by atoms with Gasteiger partial charge in [0.15, 0.2) is 0 Å². The van der Waals surface area contributed by atoms with E-state index < -0.39 is 6.10 Å². The lowest BCUT2D eigenvalue weighted by Gasteiger charge is -2.31. The van der Waals surface area contributed by atoms with Gasteiger partial charge in [0.25, 0.3) is 0 Å². The number of nitrogens with one attached hydrogen (secondary N) is 1. The highest BCUT2D eigenvalue weighted by Crippen LogP contribution is 2.37. The minimum absolute atomic E-state index is 0.0988. The zero-order valence-corrected chi connectivity index (χ0v) is 18.0. The summed E-state index contributed by atoms with van der Waals surface area (Å²) in [6, 6.07) is 13.4. The lowest BCUT2D eigenvalue weighted by Crippen LogP contribution is -2.35. The van der Waals surface area contributed by atoms with E-state index in [0.717, 1.165) is 41.9 Å². The Balaban J connectivity index is 1.66. The second-order valence-electron chi connectivity index (χ2n) is 7.77. The quantitative estimate of drug-likeness (QED) is 0.393. The van der Waals surface area contributed by atoms with Crippen molar-refractivity contribution in [2.45, 2.75) is 36.4 Å². The first kappa shape index (κ1) is 21.2. The highest BCUT2D eigenvalue weighted by atomic mass is 32.2. The Bertz CT molecular complexity index is 939. The van der Waals surface area contributed by atoms with E-state index in [9.17, 15) is 9.50 Å². The highest BCUT2D eigenvalue weighted by molar-refractivity contribution is 7.99. The van der Waals surface area contributed by atoms with E-state index in [1.165, 1.54) is 0 Å². The fraction of sp³-hybridized carbons (Fsp3) is 0.435. The fourth-order valence-electron chi connectivity index (χ4n) is 3.77. The largest absolute Gasteiger partial charge is 0.508 e. The maximum Gasteiger partial charge on any atom is 0.144 e. The molecule has 2 aromatic carbocycles. The molecular weight excluding hydrogens is 401 g/mol. The Morgan fingerprint density at radius 3 is 2.83 bits per heavy atom. The van der Waals surface area contributed by atoms with Gasteiger partial charge in [-0.3, -0.25) is 4.39 Å². The van der Waals surface area contributed by atoms with Gasteiger partial charge >= 0.3 is 0 Å². The van der Waals surface area contributed by atoms with E-state index in [2.05, 4.69) is 16.9 Å². The van der Waals surface area contributed by atoms with E-state index in [0.29, 0.717) is 23.6 Å². The number of fused-ring (bicyclic) bond motifs is 1. The van der Waals surface area contributed by atoms with Crippen LogP contribution in [0.3, 0.4) is 0 Å². The number of nitrogens with zero attached hydrogens (tertiary/aromatic N) is 2. The number of likely N-dealkylation sites (tertiary alicyclic amines) is 1. The summed E-state index contributed by atoms with van der Waals surface area (Å²) >= 11 is 1.59. The van der Waals surface area contributed by atoms with Crippen LogP contribution in [-0.4, -0.2) is 58.6 Å². The average molecular weight is 430 g/mol. The van der Waals surface area contributed by atoms with Crippen LogP contribution < -0.4 is 0 Å². The number of phenolic OH excluding ortho intramolecular Hbond substituents is 1. The van der Waals surface area contributed by atoms with E-state index in [4.69, 9.17) is 9.72 Å². The Morgan fingerprint density at radius 2 is 2.07 bits per heavy atom. The number of benzene rings is 2. The summed E-state index contributed by atoms with van der Waals surface area (Å²) in [6.45, 7) is 1.66. The van der Waals surface area contributed by atoms with Crippen LogP contribution >= 0.6 is 11.8 Å². The number of ether oxygens (including phenoxy) is 1. The van der Waals surface area contributed by atoms with Gasteiger partial charge in [0, 0.05) is 29.3 Å². The van der Waals surface area contributed by atoms with Gasteiger partial charge < -0.3 is 19.7 Å². The molecule has 4 rings (SSSR count). The number of halogens is 1. The van der Waals surface area contributed by atoms with Gasteiger partial charge in [-0.15, -0.1) is 11.8 Å². The number of para-hydroxylation sites is 2. The van der Waals surface area contributed by atoms with Crippen molar-refractivity contribution in [3.8, 4) is 5.75 Å². The molecule has 1 aliphatic rings. The molecule has 0 amide bonds. The van der Waals surface area contributed by atoms with Crippen molar-refractivity contribution in [2.24, 2.45) is 0 Å². The second-order valence-corrected chi connectivity index (χ2v) is 8.94. The predicted octanol–water partition coefficient (Wildman–Crippen LogP) is 4.92. The first-order valence-electron chi connectivity index (χ1n) is 10.4. The predicted molar refractivity (Wildman–Crippen MR) is 119 cm³/mol. The molecule has 2 N–H and O–H groups in total. The molecule has 0 spiro atoms. The number of H-pyrrole nitrogens is 1. The van der Waals surface area contributed by atoms with Gasteiger partial charge in [-0.1, -0.05) is 12.1 Å². The number of hydrogen-bond acceptors (Lipinski definition) is 5. The molecule has 160 valence electrons. The van der Waals surface area contributed by atoms with Crippen molar-refractivity contribution in [1.82, 2.24) is 14.9 Å². The second kappa shape index (κ2) is 9.81. The van der Waals surface area contributed by atoms with Crippen molar-refractivity contribution in [2.75, 3.05) is 32.6 Å². The van der Waals surface area contributed by atoms with Crippen LogP contribution in [0.5, 0.6) is 5.75 Å². The number of aromatic nitrogens is 2. The molecule has 0 saturated carbocycles. The Morgan fingerprint density at radius 1 is 1.27 bits per heavy atom. The Kier molecular flexibility index (Phi) is 6.92. The van der Waals surface area contributed by atoms with Crippen LogP contribution in [0.1, 0.15) is 36.8 Å². The van der Waals surface area contributed by atoms with Crippen LogP contribution in [0.25, 0.3) is 11.0 Å². The number of aromatic hydroxyl groups is 1. The molecule has 0 radical (unpaired) electrons. The number of hydrogen-bond donors (Lipinski definition) is 2. The number of thioether (sulfide) groups is 1. The normalized spacial score (nSPS) is 16.9. The first-order chi connectivity index (χ1) is 14.6. The summed E-state index contributed by atoms with van der Waals surface area (Å²) in [5.41, 5.74) is 2.51. The van der Waals surface area contributed by atoms with E-state index in [1.54, 1.807) is 17.8 Å². The summed E-state index contributed by atoms with van der Waals surface area (Å²) in [5, 5.41) is 10.7. The number of aromatic amines is 1. The third-order valence-corrected chi connectivity index (χ3v) is 6.56. The van der Waals surface area contributed by atoms with E-state index in [-0.39, 0.29) is 18.5 Å². The van der Waals surface area contributed by atoms with Crippen LogP contribution in [0.2, 0.25) is 0 Å². The SMILES string of the molecule is CN1CCC(OC(c2nc3ccccc3[nH]2)c2cc(SCCCF)ccc2O)CC1. The molecule has 2 heterocycles. The zero-order chi connectivity index (χ0) is 20.9. The van der Waals surface area contributed by atoms with Gasteiger partial charge in [-0.05, 0) is 56.6 Å². The van der Waals surface area contributed by atoms with Gasteiger partial charge in [0.05, 0.1) is 23.8 Å². The number of rotatable bonds is 8. The molecule has 30 heavy (non-hydrogen) atoms. The molecule has 1 aromatic heterocycles. The molecule has 1 unspecified atom stereocenters. The molecular formula is C23H28FN3O2S. The molecule has 1 fully saturated rings. The molecule has 5 nitrogen and oxygen atoms in total. The molecule has 1 aliphatic heterocycles. The molecule has 1 saturated heterocycles. The maximum absolute atomic E-state index is 12.5. The molecule has 0 aliphatic carbocycles. The van der Waals surface area contributed by atoms with Crippen molar-refractivity contribution >= 4 is 22.8 Å². The summed E-state index contributed by atoms with van der Waals surface area (Å²) in [4.78, 5) is 11.4. The molecule has 0 bridgehead atoms. The third-order valence-electron chi connectivity index (χ3n) is 5.48. The lowest BCUT2D eigenvalue weighted by atomic mass is 10.0. The number of piperidine rings is 1. The minimum atomic E-state index is -0.493. The van der Waals surface area contributed by atoms with Crippen molar-refractivity contribution in [3.05, 3.63) is 53.9 Å². The number of phenols is 1. The smallest absolute Gasteiger partial charge is 0.144 e. The third kappa shape index (κ3) is 4.96. The van der Waals surface area contributed by atoms with E-state index in [1.807, 2.05) is 36.4 Å². The Hall–Kier alpha value is -2.09. The summed E-state index contributed by atoms with van der Waals surface area (Å²) in [5.74, 6) is 1.57. The van der Waals surface area contributed by atoms with Gasteiger partial charge in [-0.2, -0.15) is 0 Å². The first-order valence-corrected chi connectivity index (χ1v) is 11.4. The maximum atomic E-state index is 12.5. The zero-order valence-electron chi connectivity index (χ0n) is 17.2. The molecule has 7 heteroatoms. The summed E-state index contributed by atoms with van der Waals surface area (Å²) < 4.78 is 19.0. The summed E-state index contributed by atoms with van der Waals surface area (Å²) in [6.07, 6.45) is 2.01. The van der Waals surface area contributed by atoms with E-state index >= 15 is 0 Å². The standard InChI is InChI=1S/C23H28FN3O2S/c1-27-12-9-16(10-13-27)29-22(23-25-19-5-2-3-6-20(19)26-23)18-15-17(7-8-21(18)28)30-14-4-11-24/h2-3,5-8,15-16,22,28H,4,9-14H2,1H3,(H,25,26). The molecule has 3 aromatic rings. The van der Waals surface area contributed by atoms with Gasteiger partial charge in [0.2, 0.25) is 0 Å². The fourth-order valence-corrected chi connectivity index (χ4v) is 4.64. The van der Waals surface area contributed by atoms with Crippen LogP contribution in [0.15, 0.2) is 47.4 Å². The van der Waals surface area contributed by atoms with Crippen LogP contribution in [-0.2, 0) is 4.74 Å². The van der Waals surface area contributed by atoms with Crippen molar-refractivity contribution < 1.29 is 14.2 Å². The van der Waals surface area contributed by atoms with Crippen molar-refractivity contribution in [1.29, 1.82) is 0 Å². The molecule has 1 atom stereocenters. The highest BCUT2D eigenvalue weighted by Gasteiger charge is 2.28. The van der Waals surface area contributed by atoms with Gasteiger partial charge in [-0.25, -0.2) is 4.98 Å². The van der Waals surface area contributed by atoms with Crippen LogP contribution in [0, 0.1) is 0 Å². The monoisotopic (exact) mass is 429 g/mol. The number of imidazole rings is 1. The lowest BCUT2D eigenvalue weighted by molar-refractivity contribution is -0.0272.